The summed E-state index contributed by atoms with van der Waals surface area (Å²) in [7, 11) is 0. The Balaban J connectivity index is 2.37. The fourth-order valence-electron chi connectivity index (χ4n) is 0.791. The maximum atomic E-state index is 12.4. The monoisotopic (exact) mass is 181 g/mol. The topological polar surface area (TPSA) is 22.1 Å². The Morgan fingerprint density at radius 3 is 2.92 bits per heavy atom. The molecule has 0 aromatic carbocycles. The second-order valence-electron chi connectivity index (χ2n) is 2.87. The van der Waals surface area contributed by atoms with E-state index in [9.17, 15) is 4.39 Å². The Kier molecular flexibility index (Phi) is 3.43. The van der Waals surface area contributed by atoms with Crippen LogP contribution < -0.4 is 4.74 Å². The van der Waals surface area contributed by atoms with Crippen molar-refractivity contribution in [1.82, 2.24) is 4.98 Å². The largest absolute Gasteiger partial charge is 0.492 e. The highest BCUT2D eigenvalue weighted by atomic mass is 19.1. The molecule has 0 saturated carbocycles. The van der Waals surface area contributed by atoms with E-state index in [1.807, 2.05) is 6.92 Å². The van der Waals surface area contributed by atoms with Gasteiger partial charge in [0.25, 0.3) is 0 Å². The van der Waals surface area contributed by atoms with E-state index in [-0.39, 0.29) is 0 Å². The van der Waals surface area contributed by atoms with Crippen molar-refractivity contribution in [2.24, 2.45) is 0 Å². The van der Waals surface area contributed by atoms with Crippen LogP contribution >= 0.6 is 0 Å². The molecule has 0 spiro atoms. The first-order chi connectivity index (χ1) is 6.18. The van der Waals surface area contributed by atoms with Crippen LogP contribution in [0.25, 0.3) is 0 Å². The molecule has 0 atom stereocenters. The molecular weight excluding hydrogens is 169 g/mol. The number of pyridine rings is 1. The van der Waals surface area contributed by atoms with Gasteiger partial charge in [0.2, 0.25) is 5.95 Å². The van der Waals surface area contributed by atoms with E-state index in [1.54, 1.807) is 6.07 Å². The smallest absolute Gasteiger partial charge is 0.213 e. The van der Waals surface area contributed by atoms with Crippen LogP contribution in [0.1, 0.15) is 13.3 Å². The molecule has 1 heterocycles. The third kappa shape index (κ3) is 3.69. The molecule has 13 heavy (non-hydrogen) atoms. The Morgan fingerprint density at radius 1 is 1.62 bits per heavy atom. The van der Waals surface area contributed by atoms with Gasteiger partial charge in [0, 0.05) is 6.42 Å². The fourth-order valence-corrected chi connectivity index (χ4v) is 0.791. The van der Waals surface area contributed by atoms with E-state index in [4.69, 9.17) is 4.74 Å². The van der Waals surface area contributed by atoms with E-state index in [1.165, 1.54) is 12.3 Å². The Bertz CT molecular complexity index is 281. The number of rotatable bonds is 4. The van der Waals surface area contributed by atoms with Crippen LogP contribution in [0.4, 0.5) is 4.39 Å². The van der Waals surface area contributed by atoms with Gasteiger partial charge in [-0.2, -0.15) is 4.39 Å². The van der Waals surface area contributed by atoms with E-state index in [0.717, 1.165) is 12.0 Å². The molecule has 0 bridgehead atoms. The van der Waals surface area contributed by atoms with Crippen LogP contribution in [0.2, 0.25) is 0 Å². The molecule has 1 rings (SSSR count). The van der Waals surface area contributed by atoms with Crippen LogP contribution in [0.5, 0.6) is 5.75 Å². The van der Waals surface area contributed by atoms with Gasteiger partial charge in [-0.05, 0) is 19.1 Å². The van der Waals surface area contributed by atoms with Crippen LogP contribution in [-0.4, -0.2) is 11.6 Å². The van der Waals surface area contributed by atoms with Crippen molar-refractivity contribution < 1.29 is 9.13 Å². The SMILES string of the molecule is C=C(C)CCOc1ccc(F)nc1. The summed E-state index contributed by atoms with van der Waals surface area (Å²) < 4.78 is 17.6. The van der Waals surface area contributed by atoms with Crippen molar-refractivity contribution in [2.75, 3.05) is 6.61 Å². The molecule has 0 radical (unpaired) electrons. The van der Waals surface area contributed by atoms with Crippen LogP contribution in [0, 0.1) is 5.95 Å². The molecule has 0 aliphatic rings. The number of hydrogen-bond acceptors (Lipinski definition) is 2. The molecule has 0 amide bonds. The maximum absolute atomic E-state index is 12.4. The predicted octanol–water partition coefficient (Wildman–Crippen LogP) is 2.57. The van der Waals surface area contributed by atoms with Crippen molar-refractivity contribution in [3.8, 4) is 5.75 Å². The molecule has 70 valence electrons. The van der Waals surface area contributed by atoms with Gasteiger partial charge in [0.15, 0.2) is 0 Å². The third-order valence-corrected chi connectivity index (χ3v) is 1.50. The van der Waals surface area contributed by atoms with Crippen LogP contribution in [0.3, 0.4) is 0 Å². The molecule has 0 aliphatic heterocycles. The molecule has 2 nitrogen and oxygen atoms in total. The van der Waals surface area contributed by atoms with Gasteiger partial charge in [-0.15, -0.1) is 6.58 Å². The molecule has 0 N–H and O–H groups in total. The number of halogens is 1. The first-order valence-electron chi connectivity index (χ1n) is 4.07. The van der Waals surface area contributed by atoms with Gasteiger partial charge >= 0.3 is 0 Å². The van der Waals surface area contributed by atoms with Gasteiger partial charge in [0.1, 0.15) is 5.75 Å². The fraction of sp³-hybridized carbons (Fsp3) is 0.300. The van der Waals surface area contributed by atoms with E-state index < -0.39 is 5.95 Å². The van der Waals surface area contributed by atoms with Crippen LogP contribution in [-0.2, 0) is 0 Å². The predicted molar refractivity (Wildman–Crippen MR) is 49.1 cm³/mol. The summed E-state index contributed by atoms with van der Waals surface area (Å²) in [5.74, 6) is 0.0925. The lowest BCUT2D eigenvalue weighted by atomic mass is 10.3. The molecular formula is C10H12FNO. The second kappa shape index (κ2) is 4.60. The number of aromatic nitrogens is 1. The summed E-state index contributed by atoms with van der Waals surface area (Å²) in [5.41, 5.74) is 1.06. The summed E-state index contributed by atoms with van der Waals surface area (Å²) in [6.45, 7) is 6.24. The minimum absolute atomic E-state index is 0.493. The van der Waals surface area contributed by atoms with E-state index >= 15 is 0 Å². The number of nitrogens with zero attached hydrogens (tertiary/aromatic N) is 1. The van der Waals surface area contributed by atoms with Crippen LogP contribution in [0.15, 0.2) is 30.5 Å². The summed E-state index contributed by atoms with van der Waals surface area (Å²) in [5, 5.41) is 0. The maximum Gasteiger partial charge on any atom is 0.213 e. The van der Waals surface area contributed by atoms with Gasteiger partial charge < -0.3 is 4.74 Å². The first kappa shape index (κ1) is 9.71. The van der Waals surface area contributed by atoms with Crippen molar-refractivity contribution >= 4 is 0 Å². The van der Waals surface area contributed by atoms with E-state index in [0.29, 0.717) is 12.4 Å². The Morgan fingerprint density at radius 2 is 2.38 bits per heavy atom. The zero-order valence-corrected chi connectivity index (χ0v) is 7.59. The average molecular weight is 181 g/mol. The minimum Gasteiger partial charge on any atom is -0.492 e. The lowest BCUT2D eigenvalue weighted by molar-refractivity contribution is 0.319. The molecule has 1 aromatic heterocycles. The Hall–Kier alpha value is -1.38. The summed E-state index contributed by atoms with van der Waals surface area (Å²) >= 11 is 0. The zero-order chi connectivity index (χ0) is 9.68. The molecule has 0 fully saturated rings. The van der Waals surface area contributed by atoms with Gasteiger partial charge in [0.05, 0.1) is 12.8 Å². The van der Waals surface area contributed by atoms with E-state index in [2.05, 4.69) is 11.6 Å². The molecule has 1 aromatic rings. The lowest BCUT2D eigenvalue weighted by Crippen LogP contribution is -1.98. The van der Waals surface area contributed by atoms with Gasteiger partial charge in [-0.1, -0.05) is 5.57 Å². The number of ether oxygens (including phenoxy) is 1. The van der Waals surface area contributed by atoms with Crippen molar-refractivity contribution in [3.05, 3.63) is 36.4 Å². The highest BCUT2D eigenvalue weighted by Crippen LogP contribution is 2.09. The quantitative estimate of drug-likeness (QED) is 0.526. The first-order valence-corrected chi connectivity index (χ1v) is 4.07. The summed E-state index contributed by atoms with van der Waals surface area (Å²) in [6.07, 6.45) is 2.17. The zero-order valence-electron chi connectivity index (χ0n) is 7.59. The number of hydrogen-bond donors (Lipinski definition) is 0. The van der Waals surface area contributed by atoms with Crippen molar-refractivity contribution in [3.63, 3.8) is 0 Å². The molecule has 3 heteroatoms. The lowest BCUT2D eigenvalue weighted by Gasteiger charge is -2.04. The summed E-state index contributed by atoms with van der Waals surface area (Å²) in [6, 6.07) is 2.83. The normalized spacial score (nSPS) is 9.69. The van der Waals surface area contributed by atoms with Gasteiger partial charge in [-0.3, -0.25) is 0 Å². The van der Waals surface area contributed by atoms with Crippen molar-refractivity contribution in [1.29, 1.82) is 0 Å². The average Bonchev–Trinajstić information content (AvgIpc) is 2.08. The molecule has 0 aliphatic carbocycles. The summed E-state index contributed by atoms with van der Waals surface area (Å²) in [4.78, 5) is 3.46. The second-order valence-corrected chi connectivity index (χ2v) is 2.87. The standard InChI is InChI=1S/C10H12FNO/c1-8(2)5-6-13-9-3-4-10(11)12-7-9/h3-4,7H,1,5-6H2,2H3. The third-order valence-electron chi connectivity index (χ3n) is 1.50. The highest BCUT2D eigenvalue weighted by molar-refractivity contribution is 5.16. The van der Waals surface area contributed by atoms with Gasteiger partial charge in [-0.25, -0.2) is 4.98 Å². The highest BCUT2D eigenvalue weighted by Gasteiger charge is 1.95. The Labute approximate surface area is 77.1 Å². The van der Waals surface area contributed by atoms with Crippen molar-refractivity contribution in [2.45, 2.75) is 13.3 Å². The molecule has 0 unspecified atom stereocenters. The minimum atomic E-state index is -0.493. The molecule has 0 saturated heterocycles.